The van der Waals surface area contributed by atoms with Crippen molar-refractivity contribution < 1.29 is 4.74 Å². The first-order valence-electron chi connectivity index (χ1n) is 7.21. The Morgan fingerprint density at radius 3 is 2.45 bits per heavy atom. The monoisotopic (exact) mass is 280 g/mol. The predicted molar refractivity (Wildman–Crippen MR) is 83.1 cm³/mol. The molecule has 0 aliphatic heterocycles. The van der Waals surface area contributed by atoms with Gasteiger partial charge in [0.25, 0.3) is 0 Å². The molecule has 5 nitrogen and oxygen atoms in total. The molecule has 3 N–H and O–H groups in total. The minimum absolute atomic E-state index is 0.0888. The maximum Gasteiger partial charge on any atom is 0.226 e. The van der Waals surface area contributed by atoms with Gasteiger partial charge < -0.3 is 15.8 Å². The molecule has 0 spiro atoms. The van der Waals surface area contributed by atoms with Crippen molar-refractivity contribution in [3.8, 4) is 5.88 Å². The van der Waals surface area contributed by atoms with Crippen LogP contribution in [0, 0.1) is 12.3 Å². The van der Waals surface area contributed by atoms with Gasteiger partial charge >= 0.3 is 0 Å². The SMILES string of the molecule is Cc1cc(OC(C)C)nc(NC(CCN)C(C)(C)C)n1. The van der Waals surface area contributed by atoms with Crippen LogP contribution in [-0.2, 0) is 0 Å². The van der Waals surface area contributed by atoms with E-state index >= 15 is 0 Å². The van der Waals surface area contributed by atoms with Crippen molar-refractivity contribution >= 4 is 5.95 Å². The maximum atomic E-state index is 5.70. The van der Waals surface area contributed by atoms with Crippen molar-refractivity contribution in [2.45, 2.75) is 60.1 Å². The lowest BCUT2D eigenvalue weighted by Crippen LogP contribution is -2.36. The van der Waals surface area contributed by atoms with Crippen LogP contribution >= 0.6 is 0 Å². The summed E-state index contributed by atoms with van der Waals surface area (Å²) in [6.07, 6.45) is 0.973. The topological polar surface area (TPSA) is 73.1 Å². The second kappa shape index (κ2) is 6.88. The first-order chi connectivity index (χ1) is 9.22. The van der Waals surface area contributed by atoms with Gasteiger partial charge in [-0.3, -0.25) is 0 Å². The molecule has 114 valence electrons. The van der Waals surface area contributed by atoms with Crippen LogP contribution in [0.4, 0.5) is 5.95 Å². The Morgan fingerprint density at radius 2 is 1.95 bits per heavy atom. The van der Waals surface area contributed by atoms with E-state index in [1.165, 1.54) is 0 Å². The smallest absolute Gasteiger partial charge is 0.226 e. The molecule has 1 rings (SSSR count). The van der Waals surface area contributed by atoms with Crippen LogP contribution in [0.1, 0.15) is 46.7 Å². The first kappa shape index (κ1) is 16.7. The number of hydrogen-bond donors (Lipinski definition) is 2. The average molecular weight is 280 g/mol. The number of nitrogens with two attached hydrogens (primary N) is 1. The molecule has 0 fully saturated rings. The van der Waals surface area contributed by atoms with E-state index in [0.717, 1.165) is 12.1 Å². The van der Waals surface area contributed by atoms with Gasteiger partial charge in [0, 0.05) is 17.8 Å². The number of nitrogens with one attached hydrogen (secondary N) is 1. The first-order valence-corrected chi connectivity index (χ1v) is 7.21. The Balaban J connectivity index is 2.92. The predicted octanol–water partition coefficient (Wildman–Crippen LogP) is 2.75. The van der Waals surface area contributed by atoms with E-state index in [4.69, 9.17) is 10.5 Å². The van der Waals surface area contributed by atoms with Gasteiger partial charge in [-0.05, 0) is 39.2 Å². The van der Waals surface area contributed by atoms with Crippen molar-refractivity contribution in [2.24, 2.45) is 11.1 Å². The standard InChI is InChI=1S/C15H28N4O/c1-10(2)20-13-9-11(3)17-14(19-13)18-12(7-8-16)15(4,5)6/h9-10,12H,7-8,16H2,1-6H3,(H,17,18,19). The molecule has 5 heteroatoms. The van der Waals surface area contributed by atoms with E-state index < -0.39 is 0 Å². The van der Waals surface area contributed by atoms with E-state index in [-0.39, 0.29) is 17.6 Å². The number of rotatable bonds is 6. The minimum Gasteiger partial charge on any atom is -0.475 e. The van der Waals surface area contributed by atoms with Gasteiger partial charge in [-0.25, -0.2) is 4.98 Å². The van der Waals surface area contributed by atoms with Gasteiger partial charge in [0.1, 0.15) is 0 Å². The summed E-state index contributed by atoms with van der Waals surface area (Å²) < 4.78 is 5.65. The molecule has 1 unspecified atom stereocenters. The van der Waals surface area contributed by atoms with Crippen LogP contribution in [-0.4, -0.2) is 28.7 Å². The molecular formula is C15H28N4O. The Bertz CT molecular complexity index is 426. The molecule has 0 aliphatic rings. The van der Waals surface area contributed by atoms with Crippen LogP contribution in [0.5, 0.6) is 5.88 Å². The van der Waals surface area contributed by atoms with Crippen molar-refractivity contribution in [1.29, 1.82) is 0 Å². The lowest BCUT2D eigenvalue weighted by Gasteiger charge is -2.31. The second-order valence-electron chi connectivity index (χ2n) is 6.48. The fourth-order valence-electron chi connectivity index (χ4n) is 1.95. The number of aromatic nitrogens is 2. The summed E-state index contributed by atoms with van der Waals surface area (Å²) in [4.78, 5) is 8.86. The average Bonchev–Trinajstić information content (AvgIpc) is 2.25. The molecule has 0 bridgehead atoms. The van der Waals surface area contributed by atoms with E-state index in [9.17, 15) is 0 Å². The maximum absolute atomic E-state index is 5.70. The number of aryl methyl sites for hydroxylation is 1. The Kier molecular flexibility index (Phi) is 5.74. The van der Waals surface area contributed by atoms with E-state index in [2.05, 4.69) is 36.1 Å². The van der Waals surface area contributed by atoms with Crippen LogP contribution < -0.4 is 15.8 Å². The van der Waals surface area contributed by atoms with Gasteiger partial charge in [0.05, 0.1) is 6.10 Å². The zero-order chi connectivity index (χ0) is 15.3. The zero-order valence-corrected chi connectivity index (χ0v) is 13.5. The van der Waals surface area contributed by atoms with Crippen LogP contribution in [0.2, 0.25) is 0 Å². The molecule has 1 aromatic heterocycles. The Morgan fingerprint density at radius 1 is 1.30 bits per heavy atom. The van der Waals surface area contributed by atoms with Crippen LogP contribution in [0.3, 0.4) is 0 Å². The molecule has 0 radical (unpaired) electrons. The fourth-order valence-corrected chi connectivity index (χ4v) is 1.95. The number of ether oxygens (including phenoxy) is 1. The van der Waals surface area contributed by atoms with Gasteiger partial charge in [-0.15, -0.1) is 0 Å². The largest absolute Gasteiger partial charge is 0.475 e. The highest BCUT2D eigenvalue weighted by Crippen LogP contribution is 2.25. The summed E-state index contributed by atoms with van der Waals surface area (Å²) in [7, 11) is 0. The molecular weight excluding hydrogens is 252 g/mol. The zero-order valence-electron chi connectivity index (χ0n) is 13.5. The third-order valence-electron chi connectivity index (χ3n) is 2.99. The number of nitrogens with zero attached hydrogens (tertiary/aromatic N) is 2. The van der Waals surface area contributed by atoms with Crippen molar-refractivity contribution in [3.05, 3.63) is 11.8 Å². The quantitative estimate of drug-likeness (QED) is 0.838. The molecule has 0 aliphatic carbocycles. The molecule has 0 saturated heterocycles. The second-order valence-corrected chi connectivity index (χ2v) is 6.48. The molecule has 0 saturated carbocycles. The lowest BCUT2D eigenvalue weighted by molar-refractivity contribution is 0.232. The Labute approximate surface area is 122 Å². The summed E-state index contributed by atoms with van der Waals surface area (Å²) in [6, 6.07) is 2.07. The normalized spacial score (nSPS) is 13.4. The van der Waals surface area contributed by atoms with Crippen LogP contribution in [0.15, 0.2) is 6.07 Å². The lowest BCUT2D eigenvalue weighted by atomic mass is 9.85. The van der Waals surface area contributed by atoms with Gasteiger partial charge in [-0.1, -0.05) is 20.8 Å². The molecule has 1 heterocycles. The molecule has 1 aromatic rings. The van der Waals surface area contributed by atoms with Crippen molar-refractivity contribution in [3.63, 3.8) is 0 Å². The summed E-state index contributed by atoms with van der Waals surface area (Å²) >= 11 is 0. The Hall–Kier alpha value is -1.36. The highest BCUT2D eigenvalue weighted by Gasteiger charge is 2.24. The van der Waals surface area contributed by atoms with Crippen LogP contribution in [0.25, 0.3) is 0 Å². The summed E-state index contributed by atoms with van der Waals surface area (Å²) in [5, 5.41) is 3.39. The number of hydrogen-bond acceptors (Lipinski definition) is 5. The highest BCUT2D eigenvalue weighted by molar-refractivity contribution is 5.32. The minimum atomic E-state index is 0.0888. The molecule has 20 heavy (non-hydrogen) atoms. The third kappa shape index (κ3) is 5.33. The van der Waals surface area contributed by atoms with Gasteiger partial charge in [0.15, 0.2) is 0 Å². The van der Waals surface area contributed by atoms with E-state index in [1.807, 2.05) is 26.8 Å². The highest BCUT2D eigenvalue weighted by atomic mass is 16.5. The molecule has 0 amide bonds. The van der Waals surface area contributed by atoms with E-state index in [0.29, 0.717) is 18.4 Å². The summed E-state index contributed by atoms with van der Waals surface area (Å²) in [5.74, 6) is 1.21. The number of anilines is 1. The van der Waals surface area contributed by atoms with Gasteiger partial charge in [-0.2, -0.15) is 4.98 Å². The molecule has 1 atom stereocenters. The fraction of sp³-hybridized carbons (Fsp3) is 0.733. The molecule has 0 aromatic carbocycles. The van der Waals surface area contributed by atoms with E-state index in [1.54, 1.807) is 0 Å². The third-order valence-corrected chi connectivity index (χ3v) is 2.99. The van der Waals surface area contributed by atoms with Crippen molar-refractivity contribution in [1.82, 2.24) is 9.97 Å². The van der Waals surface area contributed by atoms with Gasteiger partial charge in [0.2, 0.25) is 11.8 Å². The summed E-state index contributed by atoms with van der Waals surface area (Å²) in [6.45, 7) is 13.1. The van der Waals surface area contributed by atoms with Crippen molar-refractivity contribution in [2.75, 3.05) is 11.9 Å². The summed E-state index contributed by atoms with van der Waals surface area (Å²) in [5.41, 5.74) is 6.68.